The lowest BCUT2D eigenvalue weighted by atomic mass is 10.1. The van der Waals surface area contributed by atoms with E-state index in [-0.39, 0.29) is 11.0 Å². The number of thioether (sulfide) groups is 1. The average Bonchev–Trinajstić information content (AvgIpc) is 3.10. The molecular weight excluding hydrogens is 318 g/mol. The van der Waals surface area contributed by atoms with Crippen LogP contribution >= 0.6 is 11.8 Å². The topological polar surface area (TPSA) is 39.8 Å². The van der Waals surface area contributed by atoms with E-state index >= 15 is 0 Å². The van der Waals surface area contributed by atoms with Crippen LogP contribution in [0.1, 0.15) is 28.7 Å². The summed E-state index contributed by atoms with van der Waals surface area (Å²) in [7, 11) is 1.94. The summed E-state index contributed by atoms with van der Waals surface area (Å²) in [5.74, 6) is 0.137. The molecule has 1 unspecified atom stereocenters. The van der Waals surface area contributed by atoms with Gasteiger partial charge < -0.3 is 9.13 Å². The second-order valence-electron chi connectivity index (χ2n) is 5.90. The highest BCUT2D eigenvalue weighted by atomic mass is 32.2. The van der Waals surface area contributed by atoms with Crippen molar-refractivity contribution < 1.29 is 4.79 Å². The Bertz CT molecular complexity index is 864. The minimum Gasteiger partial charge on any atom is -0.329 e. The van der Waals surface area contributed by atoms with Gasteiger partial charge in [0.05, 0.1) is 5.25 Å². The minimum atomic E-state index is -0.184. The van der Waals surface area contributed by atoms with Crippen LogP contribution in [0.15, 0.2) is 53.9 Å². The number of rotatable bonds is 5. The van der Waals surface area contributed by atoms with Crippen LogP contribution in [0.25, 0.3) is 5.69 Å². The maximum atomic E-state index is 12.9. The molecule has 124 valence electrons. The molecule has 3 rings (SSSR count). The number of ketones is 1. The second kappa shape index (κ2) is 6.69. The molecule has 2 heterocycles. The molecule has 0 aliphatic heterocycles. The highest BCUT2D eigenvalue weighted by Crippen LogP contribution is 2.27. The maximum absolute atomic E-state index is 12.9. The Labute approximate surface area is 146 Å². The number of hydrogen-bond donors (Lipinski definition) is 0. The maximum Gasteiger partial charge on any atom is 0.177 e. The number of nitrogens with zero attached hydrogens (tertiary/aromatic N) is 3. The summed E-state index contributed by atoms with van der Waals surface area (Å²) >= 11 is 1.49. The predicted octanol–water partition coefficient (Wildman–Crippen LogP) is 4.19. The standard InChI is InChI=1S/C19H21N3OS/c1-13-12-17(14(2)22(13)16-8-6-5-7-9-16)18(23)15(3)24-19-20-10-11-21(19)4/h5-12,15H,1-4H3. The van der Waals surface area contributed by atoms with Crippen molar-refractivity contribution in [1.29, 1.82) is 0 Å². The normalized spacial score (nSPS) is 12.3. The minimum absolute atomic E-state index is 0.137. The van der Waals surface area contributed by atoms with Gasteiger partial charge in [-0.2, -0.15) is 0 Å². The van der Waals surface area contributed by atoms with E-state index in [1.807, 2.05) is 62.8 Å². The van der Waals surface area contributed by atoms with E-state index in [2.05, 4.69) is 21.7 Å². The number of para-hydroxylation sites is 1. The van der Waals surface area contributed by atoms with Gasteiger partial charge in [0, 0.05) is 42.1 Å². The van der Waals surface area contributed by atoms with Gasteiger partial charge in [-0.15, -0.1) is 0 Å². The molecule has 24 heavy (non-hydrogen) atoms. The summed E-state index contributed by atoms with van der Waals surface area (Å²) in [5, 5.41) is 0.670. The summed E-state index contributed by atoms with van der Waals surface area (Å²) in [6.07, 6.45) is 3.64. The van der Waals surface area contributed by atoms with Crippen LogP contribution < -0.4 is 0 Å². The molecule has 0 fully saturated rings. The number of carbonyl (C=O) groups is 1. The molecule has 5 heteroatoms. The van der Waals surface area contributed by atoms with Crippen molar-refractivity contribution in [3.63, 3.8) is 0 Å². The van der Waals surface area contributed by atoms with Gasteiger partial charge in [0.1, 0.15) is 0 Å². The molecule has 0 saturated carbocycles. The van der Waals surface area contributed by atoms with Gasteiger partial charge in [0.25, 0.3) is 0 Å². The van der Waals surface area contributed by atoms with Gasteiger partial charge in [-0.05, 0) is 39.0 Å². The molecule has 0 amide bonds. The first-order valence-corrected chi connectivity index (χ1v) is 8.79. The first kappa shape index (κ1) is 16.6. The summed E-state index contributed by atoms with van der Waals surface area (Å²) in [5.41, 5.74) is 3.91. The van der Waals surface area contributed by atoms with E-state index in [1.165, 1.54) is 11.8 Å². The molecular formula is C19H21N3OS. The fourth-order valence-corrected chi connectivity index (χ4v) is 3.78. The zero-order chi connectivity index (χ0) is 17.3. The third kappa shape index (κ3) is 3.04. The molecule has 0 bridgehead atoms. The molecule has 0 saturated heterocycles. The summed E-state index contributed by atoms with van der Waals surface area (Å²) in [6.45, 7) is 5.98. The molecule has 0 aliphatic rings. The molecule has 4 nitrogen and oxygen atoms in total. The summed E-state index contributed by atoms with van der Waals surface area (Å²) in [4.78, 5) is 17.2. The Balaban J connectivity index is 1.90. The van der Waals surface area contributed by atoms with Crippen LogP contribution in [0.5, 0.6) is 0 Å². The Morgan fingerprint density at radius 2 is 1.92 bits per heavy atom. The van der Waals surface area contributed by atoms with Crippen LogP contribution in [0.2, 0.25) is 0 Å². The van der Waals surface area contributed by atoms with Gasteiger partial charge >= 0.3 is 0 Å². The van der Waals surface area contributed by atoms with Crippen molar-refractivity contribution in [2.24, 2.45) is 7.05 Å². The number of imidazole rings is 1. The quantitative estimate of drug-likeness (QED) is 0.517. The molecule has 3 aromatic rings. The first-order valence-electron chi connectivity index (χ1n) is 7.91. The molecule has 0 N–H and O–H groups in total. The lowest BCUT2D eigenvalue weighted by Crippen LogP contribution is -2.15. The Kier molecular flexibility index (Phi) is 4.62. The first-order chi connectivity index (χ1) is 11.5. The van der Waals surface area contributed by atoms with Crippen LogP contribution in [0.4, 0.5) is 0 Å². The number of benzene rings is 1. The highest BCUT2D eigenvalue weighted by Gasteiger charge is 2.23. The summed E-state index contributed by atoms with van der Waals surface area (Å²) in [6, 6.07) is 12.1. The number of aromatic nitrogens is 3. The van der Waals surface area contributed by atoms with Crippen molar-refractivity contribution >= 4 is 17.5 Å². The van der Waals surface area contributed by atoms with E-state index in [9.17, 15) is 4.79 Å². The number of carbonyl (C=O) groups excluding carboxylic acids is 1. The van der Waals surface area contributed by atoms with Crippen molar-refractivity contribution in [3.05, 3.63) is 65.7 Å². The van der Waals surface area contributed by atoms with E-state index in [0.717, 1.165) is 27.8 Å². The van der Waals surface area contributed by atoms with Crippen molar-refractivity contribution in [2.75, 3.05) is 0 Å². The molecule has 0 aliphatic carbocycles. The van der Waals surface area contributed by atoms with Gasteiger partial charge in [-0.1, -0.05) is 30.0 Å². The van der Waals surface area contributed by atoms with Crippen molar-refractivity contribution in [1.82, 2.24) is 14.1 Å². The number of Topliss-reactive ketones (excluding diaryl/α,β-unsaturated/α-hetero) is 1. The summed E-state index contributed by atoms with van der Waals surface area (Å²) < 4.78 is 4.06. The third-order valence-electron chi connectivity index (χ3n) is 4.14. The van der Waals surface area contributed by atoms with Crippen LogP contribution in [-0.2, 0) is 7.05 Å². The van der Waals surface area contributed by atoms with Crippen LogP contribution in [0.3, 0.4) is 0 Å². The van der Waals surface area contributed by atoms with E-state index in [0.29, 0.717) is 0 Å². The van der Waals surface area contributed by atoms with E-state index < -0.39 is 0 Å². The molecule has 0 radical (unpaired) electrons. The number of aryl methyl sites for hydroxylation is 2. The number of hydrogen-bond acceptors (Lipinski definition) is 3. The zero-order valence-electron chi connectivity index (χ0n) is 14.4. The Morgan fingerprint density at radius 1 is 1.21 bits per heavy atom. The van der Waals surface area contributed by atoms with Gasteiger partial charge in [-0.25, -0.2) is 4.98 Å². The lowest BCUT2D eigenvalue weighted by molar-refractivity contribution is 0.0993. The van der Waals surface area contributed by atoms with Crippen molar-refractivity contribution in [2.45, 2.75) is 31.2 Å². The lowest BCUT2D eigenvalue weighted by Gasteiger charge is -2.12. The Morgan fingerprint density at radius 3 is 2.54 bits per heavy atom. The predicted molar refractivity (Wildman–Crippen MR) is 98.1 cm³/mol. The van der Waals surface area contributed by atoms with Crippen molar-refractivity contribution in [3.8, 4) is 5.69 Å². The van der Waals surface area contributed by atoms with Gasteiger partial charge in [-0.3, -0.25) is 4.79 Å². The fraction of sp³-hybridized carbons (Fsp3) is 0.263. The zero-order valence-corrected chi connectivity index (χ0v) is 15.2. The Hall–Kier alpha value is -2.27. The highest BCUT2D eigenvalue weighted by molar-refractivity contribution is 8.00. The SMILES string of the molecule is Cc1cc(C(=O)C(C)Sc2nccn2C)c(C)n1-c1ccccc1. The molecule has 0 spiro atoms. The van der Waals surface area contributed by atoms with E-state index in [4.69, 9.17) is 0 Å². The fourth-order valence-electron chi connectivity index (χ4n) is 2.88. The monoisotopic (exact) mass is 339 g/mol. The van der Waals surface area contributed by atoms with E-state index in [1.54, 1.807) is 6.20 Å². The molecule has 1 atom stereocenters. The van der Waals surface area contributed by atoms with Crippen LogP contribution in [0, 0.1) is 13.8 Å². The third-order valence-corrected chi connectivity index (χ3v) is 5.31. The van der Waals surface area contributed by atoms with Gasteiger partial charge in [0.2, 0.25) is 0 Å². The van der Waals surface area contributed by atoms with Crippen LogP contribution in [-0.4, -0.2) is 25.2 Å². The van der Waals surface area contributed by atoms with Gasteiger partial charge in [0.15, 0.2) is 10.9 Å². The molecule has 2 aromatic heterocycles. The average molecular weight is 339 g/mol. The largest absolute Gasteiger partial charge is 0.329 e. The second-order valence-corrected chi connectivity index (χ2v) is 7.21. The molecule has 1 aromatic carbocycles. The smallest absolute Gasteiger partial charge is 0.177 e.